The summed E-state index contributed by atoms with van der Waals surface area (Å²) in [6, 6.07) is 6.89. The highest BCUT2D eigenvalue weighted by Crippen LogP contribution is 2.07. The van der Waals surface area contributed by atoms with Crippen LogP contribution in [0.4, 0.5) is 0 Å². The summed E-state index contributed by atoms with van der Waals surface area (Å²) in [7, 11) is 1.34. The number of nitrogens with two attached hydrogens (primary N) is 1. The van der Waals surface area contributed by atoms with Gasteiger partial charge in [0, 0.05) is 5.56 Å². The fraction of sp³-hybridized carbons (Fsp3) is 0.167. The maximum atomic E-state index is 11.3. The van der Waals surface area contributed by atoms with E-state index in [1.165, 1.54) is 7.11 Å². The largest absolute Gasteiger partial charge is 0.469 e. The van der Waals surface area contributed by atoms with Crippen LogP contribution in [0.3, 0.4) is 0 Å². The van der Waals surface area contributed by atoms with Crippen LogP contribution in [-0.4, -0.2) is 19.0 Å². The predicted octanol–water partition coefficient (Wildman–Crippen LogP) is 0.866. The minimum atomic E-state index is -0.354. The van der Waals surface area contributed by atoms with Crippen LogP contribution < -0.4 is 11.3 Å². The first-order chi connectivity index (χ1) is 8.17. The van der Waals surface area contributed by atoms with Gasteiger partial charge in [0.25, 0.3) is 5.91 Å². The number of carbonyl (C=O) groups is 2. The maximum Gasteiger partial charge on any atom is 0.309 e. The second-order valence-corrected chi connectivity index (χ2v) is 3.28. The fourth-order valence-corrected chi connectivity index (χ4v) is 1.24. The molecule has 0 heterocycles. The molecule has 5 nitrogen and oxygen atoms in total. The number of nitrogens with one attached hydrogen (secondary N) is 1. The Morgan fingerprint density at radius 3 is 2.88 bits per heavy atom. The predicted molar refractivity (Wildman–Crippen MR) is 63.8 cm³/mol. The Morgan fingerprint density at radius 1 is 1.47 bits per heavy atom. The molecule has 17 heavy (non-hydrogen) atoms. The highest BCUT2D eigenvalue weighted by molar-refractivity contribution is 5.94. The van der Waals surface area contributed by atoms with E-state index in [-0.39, 0.29) is 18.3 Å². The number of nitrogen functional groups attached to an aromatic ring is 1. The van der Waals surface area contributed by atoms with Crippen LogP contribution in [0, 0.1) is 0 Å². The van der Waals surface area contributed by atoms with Crippen molar-refractivity contribution in [2.75, 3.05) is 7.11 Å². The molecule has 3 N–H and O–H groups in total. The van der Waals surface area contributed by atoms with Gasteiger partial charge in [-0.25, -0.2) is 5.84 Å². The Kier molecular flexibility index (Phi) is 4.90. The zero-order valence-electron chi connectivity index (χ0n) is 9.47. The van der Waals surface area contributed by atoms with Gasteiger partial charge in [0.1, 0.15) is 0 Å². The second-order valence-electron chi connectivity index (χ2n) is 3.28. The minimum absolute atomic E-state index is 0.198. The van der Waals surface area contributed by atoms with Crippen LogP contribution in [0.5, 0.6) is 0 Å². The summed E-state index contributed by atoms with van der Waals surface area (Å²) in [4.78, 5) is 22.1. The molecule has 90 valence electrons. The topological polar surface area (TPSA) is 81.4 Å². The van der Waals surface area contributed by atoms with E-state index in [1.54, 1.807) is 30.4 Å². The fourth-order valence-electron chi connectivity index (χ4n) is 1.24. The Hall–Kier alpha value is -2.14. The van der Waals surface area contributed by atoms with Crippen LogP contribution in [-0.2, 0) is 9.53 Å². The molecule has 0 aromatic heterocycles. The summed E-state index contributed by atoms with van der Waals surface area (Å²) < 4.78 is 4.50. The van der Waals surface area contributed by atoms with Gasteiger partial charge in [-0.15, -0.1) is 0 Å². The van der Waals surface area contributed by atoms with Gasteiger partial charge < -0.3 is 4.74 Å². The normalized spacial score (nSPS) is 10.2. The summed E-state index contributed by atoms with van der Waals surface area (Å²) >= 11 is 0. The first kappa shape index (κ1) is 12.9. The average molecular weight is 234 g/mol. The smallest absolute Gasteiger partial charge is 0.309 e. The Bertz CT molecular complexity index is 441. The molecular weight excluding hydrogens is 220 g/mol. The highest BCUT2D eigenvalue weighted by atomic mass is 16.5. The molecule has 0 aliphatic rings. The van der Waals surface area contributed by atoms with Gasteiger partial charge in [-0.1, -0.05) is 24.3 Å². The van der Waals surface area contributed by atoms with Crippen molar-refractivity contribution >= 4 is 18.0 Å². The van der Waals surface area contributed by atoms with E-state index >= 15 is 0 Å². The molecule has 1 aromatic rings. The molecule has 1 aromatic carbocycles. The lowest BCUT2D eigenvalue weighted by molar-refractivity contribution is -0.139. The summed E-state index contributed by atoms with van der Waals surface area (Å²) in [5, 5.41) is 0. The van der Waals surface area contributed by atoms with E-state index in [2.05, 4.69) is 10.2 Å². The van der Waals surface area contributed by atoms with Gasteiger partial charge in [-0.3, -0.25) is 15.0 Å². The van der Waals surface area contributed by atoms with Crippen molar-refractivity contribution in [3.8, 4) is 0 Å². The van der Waals surface area contributed by atoms with Crippen molar-refractivity contribution in [1.29, 1.82) is 0 Å². The molecule has 0 spiro atoms. The van der Waals surface area contributed by atoms with Crippen molar-refractivity contribution in [2.24, 2.45) is 5.84 Å². The Morgan fingerprint density at radius 2 is 2.24 bits per heavy atom. The molecule has 1 rings (SSSR count). The number of hydrogen-bond donors (Lipinski definition) is 2. The monoisotopic (exact) mass is 234 g/mol. The van der Waals surface area contributed by atoms with Gasteiger partial charge in [0.15, 0.2) is 0 Å². The Labute approximate surface area is 99.2 Å². The average Bonchev–Trinajstić information content (AvgIpc) is 2.38. The van der Waals surface area contributed by atoms with E-state index in [0.29, 0.717) is 5.56 Å². The maximum absolute atomic E-state index is 11.3. The number of hydrazine groups is 1. The SMILES string of the molecule is COC(=O)CC=Cc1cccc(C(=O)NN)c1. The van der Waals surface area contributed by atoms with Crippen molar-refractivity contribution in [3.05, 3.63) is 41.5 Å². The van der Waals surface area contributed by atoms with E-state index in [4.69, 9.17) is 5.84 Å². The first-order valence-corrected chi connectivity index (χ1v) is 5.01. The molecule has 0 atom stereocenters. The second kappa shape index (κ2) is 6.44. The Balaban J connectivity index is 2.72. The van der Waals surface area contributed by atoms with E-state index in [0.717, 1.165) is 5.56 Å². The van der Waals surface area contributed by atoms with E-state index in [1.807, 2.05) is 6.07 Å². The molecule has 0 aliphatic carbocycles. The van der Waals surface area contributed by atoms with Gasteiger partial charge in [0.2, 0.25) is 0 Å². The number of carbonyl (C=O) groups excluding carboxylic acids is 2. The van der Waals surface area contributed by atoms with Crippen molar-refractivity contribution in [3.63, 3.8) is 0 Å². The van der Waals surface area contributed by atoms with Crippen molar-refractivity contribution in [1.82, 2.24) is 5.43 Å². The summed E-state index contributed by atoms with van der Waals surface area (Å²) in [6.45, 7) is 0. The van der Waals surface area contributed by atoms with E-state index < -0.39 is 0 Å². The lowest BCUT2D eigenvalue weighted by Crippen LogP contribution is -2.29. The van der Waals surface area contributed by atoms with Crippen LogP contribution in [0.1, 0.15) is 22.3 Å². The molecule has 0 aliphatic heterocycles. The number of amides is 1. The number of hydrogen-bond acceptors (Lipinski definition) is 4. The molecule has 0 unspecified atom stereocenters. The number of methoxy groups -OCH3 is 1. The molecular formula is C12H14N2O3. The molecule has 0 fully saturated rings. The third kappa shape index (κ3) is 4.08. The standard InChI is InChI=1S/C12H14N2O3/c1-17-11(15)7-3-5-9-4-2-6-10(8-9)12(16)14-13/h2-6,8H,7,13H2,1H3,(H,14,16). The number of benzene rings is 1. The lowest BCUT2D eigenvalue weighted by atomic mass is 10.1. The zero-order valence-corrected chi connectivity index (χ0v) is 9.47. The van der Waals surface area contributed by atoms with Gasteiger partial charge in [0.05, 0.1) is 13.5 Å². The number of rotatable bonds is 4. The summed E-state index contributed by atoms with van der Waals surface area (Å²) in [5.74, 6) is 4.37. The number of ether oxygens (including phenoxy) is 1. The quantitative estimate of drug-likeness (QED) is 0.350. The van der Waals surface area contributed by atoms with Crippen LogP contribution >= 0.6 is 0 Å². The molecule has 0 bridgehead atoms. The van der Waals surface area contributed by atoms with Crippen molar-refractivity contribution in [2.45, 2.75) is 6.42 Å². The highest BCUT2D eigenvalue weighted by Gasteiger charge is 2.02. The van der Waals surface area contributed by atoms with Gasteiger partial charge in [-0.2, -0.15) is 0 Å². The molecule has 5 heteroatoms. The third-order valence-electron chi connectivity index (χ3n) is 2.10. The first-order valence-electron chi connectivity index (χ1n) is 5.01. The van der Waals surface area contributed by atoms with Gasteiger partial charge in [-0.05, 0) is 17.7 Å². The van der Waals surface area contributed by atoms with Crippen LogP contribution in [0.15, 0.2) is 30.3 Å². The van der Waals surface area contributed by atoms with Crippen molar-refractivity contribution < 1.29 is 14.3 Å². The van der Waals surface area contributed by atoms with Gasteiger partial charge >= 0.3 is 5.97 Å². The number of esters is 1. The molecule has 0 saturated carbocycles. The van der Waals surface area contributed by atoms with Crippen LogP contribution in [0.2, 0.25) is 0 Å². The lowest BCUT2D eigenvalue weighted by Gasteiger charge is -2.00. The van der Waals surface area contributed by atoms with E-state index in [9.17, 15) is 9.59 Å². The zero-order chi connectivity index (χ0) is 12.7. The summed E-state index contributed by atoms with van der Waals surface area (Å²) in [5.41, 5.74) is 3.34. The minimum Gasteiger partial charge on any atom is -0.469 e. The summed E-state index contributed by atoms with van der Waals surface area (Å²) in [6.07, 6.45) is 3.61. The molecule has 1 amide bonds. The third-order valence-corrected chi connectivity index (χ3v) is 2.10. The van der Waals surface area contributed by atoms with Crippen LogP contribution in [0.25, 0.3) is 6.08 Å². The molecule has 0 radical (unpaired) electrons. The molecule has 0 saturated heterocycles.